The van der Waals surface area contributed by atoms with Crippen molar-refractivity contribution in [2.75, 3.05) is 0 Å². The van der Waals surface area contributed by atoms with Crippen LogP contribution in [-0.4, -0.2) is 14.5 Å². The van der Waals surface area contributed by atoms with Crippen LogP contribution < -0.4 is 0 Å². The van der Waals surface area contributed by atoms with Gasteiger partial charge in [-0.3, -0.25) is 0 Å². The Morgan fingerprint density at radius 2 is 1.31 bits per heavy atom. The van der Waals surface area contributed by atoms with E-state index in [4.69, 9.17) is 9.97 Å². The Bertz CT molecular complexity index is 2590. The highest BCUT2D eigenvalue weighted by Crippen LogP contribution is 2.55. The standard InChI is InChI=1S/C48H35N3/c1-3-4-18-33(2)45-44-40-27-11-14-28-41(40)48(32-34-19-7-5-8-20-34,46(44)50-47(49-45)35-21-9-6-10-22-35)36-23-17-24-37(31-36)51-42-29-15-12-25-38(42)39-26-13-16-30-43(39)51/h3-31H,1-2,32H2/b18-4-. The van der Waals surface area contributed by atoms with Crippen molar-refractivity contribution in [1.29, 1.82) is 0 Å². The highest BCUT2D eigenvalue weighted by Gasteiger charge is 2.48. The topological polar surface area (TPSA) is 30.7 Å². The van der Waals surface area contributed by atoms with Crippen molar-refractivity contribution in [2.45, 2.75) is 11.8 Å². The van der Waals surface area contributed by atoms with Gasteiger partial charge < -0.3 is 4.57 Å². The summed E-state index contributed by atoms with van der Waals surface area (Å²) in [6, 6.07) is 56.3. The van der Waals surface area contributed by atoms with Crippen LogP contribution in [0.1, 0.15) is 28.1 Å². The van der Waals surface area contributed by atoms with Gasteiger partial charge in [0.05, 0.1) is 27.8 Å². The molecule has 242 valence electrons. The lowest BCUT2D eigenvalue weighted by molar-refractivity contribution is 0.608. The van der Waals surface area contributed by atoms with Crippen LogP contribution in [0.15, 0.2) is 189 Å². The van der Waals surface area contributed by atoms with Crippen LogP contribution in [-0.2, 0) is 11.8 Å². The monoisotopic (exact) mass is 653 g/mol. The lowest BCUT2D eigenvalue weighted by atomic mass is 9.70. The molecule has 0 N–H and O–H groups in total. The van der Waals surface area contributed by atoms with Gasteiger partial charge >= 0.3 is 0 Å². The van der Waals surface area contributed by atoms with E-state index in [1.165, 1.54) is 38.5 Å². The Morgan fingerprint density at radius 1 is 0.667 bits per heavy atom. The average Bonchev–Trinajstić information content (AvgIpc) is 3.68. The molecular weight excluding hydrogens is 619 g/mol. The van der Waals surface area contributed by atoms with E-state index in [0.717, 1.165) is 39.3 Å². The Hall–Kier alpha value is -6.58. The highest BCUT2D eigenvalue weighted by atomic mass is 15.0. The zero-order valence-electron chi connectivity index (χ0n) is 28.2. The van der Waals surface area contributed by atoms with Crippen LogP contribution in [0.3, 0.4) is 0 Å². The maximum atomic E-state index is 5.58. The number of hydrogen-bond acceptors (Lipinski definition) is 2. The zero-order valence-corrected chi connectivity index (χ0v) is 28.2. The van der Waals surface area contributed by atoms with E-state index in [0.29, 0.717) is 12.2 Å². The molecule has 0 aliphatic heterocycles. The fraction of sp³-hybridized carbons (Fsp3) is 0.0417. The van der Waals surface area contributed by atoms with Crippen molar-refractivity contribution in [3.05, 3.63) is 217 Å². The third kappa shape index (κ3) is 4.89. The zero-order chi connectivity index (χ0) is 34.4. The Kier molecular flexibility index (Phi) is 7.40. The van der Waals surface area contributed by atoms with E-state index in [1.807, 2.05) is 30.4 Å². The van der Waals surface area contributed by atoms with E-state index in [1.54, 1.807) is 6.08 Å². The second-order valence-electron chi connectivity index (χ2n) is 13.1. The number of hydrogen-bond donors (Lipinski definition) is 0. The maximum Gasteiger partial charge on any atom is 0.160 e. The first kappa shape index (κ1) is 30.5. The predicted molar refractivity (Wildman–Crippen MR) is 212 cm³/mol. The second-order valence-corrected chi connectivity index (χ2v) is 13.1. The van der Waals surface area contributed by atoms with Gasteiger partial charge in [0.2, 0.25) is 0 Å². The van der Waals surface area contributed by atoms with Crippen LogP contribution in [0.5, 0.6) is 0 Å². The molecular formula is C48H35N3. The molecule has 1 unspecified atom stereocenters. The van der Waals surface area contributed by atoms with E-state index in [9.17, 15) is 0 Å². The first-order valence-corrected chi connectivity index (χ1v) is 17.4. The molecule has 1 aliphatic carbocycles. The van der Waals surface area contributed by atoms with Crippen molar-refractivity contribution in [3.8, 4) is 28.2 Å². The van der Waals surface area contributed by atoms with Gasteiger partial charge in [0.25, 0.3) is 0 Å². The number of para-hydroxylation sites is 2. The molecule has 8 aromatic rings. The molecule has 0 radical (unpaired) electrons. The van der Waals surface area contributed by atoms with Gasteiger partial charge in [-0.15, -0.1) is 0 Å². The van der Waals surface area contributed by atoms with Crippen molar-refractivity contribution < 1.29 is 0 Å². The molecule has 3 heteroatoms. The van der Waals surface area contributed by atoms with Gasteiger partial charge in [-0.1, -0.05) is 165 Å². The third-order valence-corrected chi connectivity index (χ3v) is 10.2. The summed E-state index contributed by atoms with van der Waals surface area (Å²) in [5.74, 6) is 0.682. The molecule has 0 fully saturated rings. The second kappa shape index (κ2) is 12.4. The fourth-order valence-corrected chi connectivity index (χ4v) is 8.02. The number of rotatable bonds is 8. The van der Waals surface area contributed by atoms with Gasteiger partial charge in [0.1, 0.15) is 0 Å². The predicted octanol–water partition coefficient (Wildman–Crippen LogP) is 11.6. The maximum absolute atomic E-state index is 5.58. The normalized spacial score (nSPS) is 14.9. The van der Waals surface area contributed by atoms with Crippen molar-refractivity contribution in [2.24, 2.45) is 0 Å². The van der Waals surface area contributed by atoms with Crippen molar-refractivity contribution in [3.63, 3.8) is 0 Å². The van der Waals surface area contributed by atoms with Gasteiger partial charge in [-0.2, -0.15) is 0 Å². The first-order valence-electron chi connectivity index (χ1n) is 17.4. The Labute approximate surface area is 298 Å². The summed E-state index contributed by atoms with van der Waals surface area (Å²) in [5, 5.41) is 2.48. The minimum Gasteiger partial charge on any atom is -0.309 e. The molecule has 51 heavy (non-hydrogen) atoms. The molecule has 1 atom stereocenters. The molecule has 1 aliphatic rings. The molecule has 0 saturated heterocycles. The average molecular weight is 654 g/mol. The minimum absolute atomic E-state index is 0.633. The van der Waals surface area contributed by atoms with Crippen LogP contribution in [0, 0.1) is 0 Å². The van der Waals surface area contributed by atoms with Crippen molar-refractivity contribution >= 4 is 27.4 Å². The summed E-state index contributed by atoms with van der Waals surface area (Å²) in [6.45, 7) is 8.44. The smallest absolute Gasteiger partial charge is 0.160 e. The summed E-state index contributed by atoms with van der Waals surface area (Å²) in [5.41, 5.74) is 12.2. The number of benzene rings is 6. The van der Waals surface area contributed by atoms with Gasteiger partial charge in [0.15, 0.2) is 5.82 Å². The summed E-state index contributed by atoms with van der Waals surface area (Å²) in [7, 11) is 0. The van der Waals surface area contributed by atoms with Crippen LogP contribution in [0.2, 0.25) is 0 Å². The van der Waals surface area contributed by atoms with Crippen LogP contribution >= 0.6 is 0 Å². The molecule has 2 heterocycles. The number of allylic oxidation sites excluding steroid dienone is 4. The Balaban J connectivity index is 1.38. The molecule has 6 aromatic carbocycles. The molecule has 2 aromatic heterocycles. The number of nitrogens with zero attached hydrogens (tertiary/aromatic N) is 3. The quantitative estimate of drug-likeness (QED) is 0.153. The number of aromatic nitrogens is 3. The minimum atomic E-state index is -0.633. The molecule has 0 bridgehead atoms. The van der Waals surface area contributed by atoms with Crippen LogP contribution in [0.25, 0.3) is 55.6 Å². The molecule has 9 rings (SSSR count). The molecule has 3 nitrogen and oxygen atoms in total. The first-order chi connectivity index (χ1) is 25.2. The largest absolute Gasteiger partial charge is 0.309 e. The van der Waals surface area contributed by atoms with E-state index < -0.39 is 5.41 Å². The molecule has 0 spiro atoms. The Morgan fingerprint density at radius 3 is 2.04 bits per heavy atom. The molecule has 0 saturated carbocycles. The lowest BCUT2D eigenvalue weighted by Gasteiger charge is -2.33. The highest BCUT2D eigenvalue weighted by molar-refractivity contribution is 6.09. The van der Waals surface area contributed by atoms with E-state index >= 15 is 0 Å². The molecule has 0 amide bonds. The summed E-state index contributed by atoms with van der Waals surface area (Å²) >= 11 is 0. The summed E-state index contributed by atoms with van der Waals surface area (Å²) in [4.78, 5) is 10.8. The van der Waals surface area contributed by atoms with Gasteiger partial charge in [-0.25, -0.2) is 9.97 Å². The van der Waals surface area contributed by atoms with Crippen molar-refractivity contribution in [1.82, 2.24) is 14.5 Å². The summed E-state index contributed by atoms with van der Waals surface area (Å²) < 4.78 is 2.40. The van der Waals surface area contributed by atoms with Gasteiger partial charge in [0, 0.05) is 27.6 Å². The third-order valence-electron chi connectivity index (χ3n) is 10.2. The van der Waals surface area contributed by atoms with Gasteiger partial charge in [-0.05, 0) is 58.5 Å². The summed E-state index contributed by atoms with van der Waals surface area (Å²) in [6.07, 6.45) is 6.41. The lowest BCUT2D eigenvalue weighted by Crippen LogP contribution is -2.31. The SMILES string of the molecule is C=C/C=C\C(=C)c1nc(-c2ccccc2)nc2c1-c1ccccc1C2(Cc1ccccc1)c1cccc(-n2c3ccccc3c3ccccc32)c1. The van der Waals surface area contributed by atoms with E-state index in [-0.39, 0.29) is 0 Å². The fourth-order valence-electron chi connectivity index (χ4n) is 8.02. The van der Waals surface area contributed by atoms with E-state index in [2.05, 4.69) is 157 Å². The number of fused-ring (bicyclic) bond motifs is 6. The van der Waals surface area contributed by atoms with Crippen LogP contribution in [0.4, 0.5) is 0 Å².